The molecule has 1 aliphatic heterocycles. The molecule has 12 heavy (non-hydrogen) atoms. The first-order valence-corrected chi connectivity index (χ1v) is 4.28. The van der Waals surface area contributed by atoms with Gasteiger partial charge in [-0.15, -0.1) is 0 Å². The predicted octanol–water partition coefficient (Wildman–Crippen LogP) is 1.34. The van der Waals surface area contributed by atoms with Crippen molar-refractivity contribution < 1.29 is 5.11 Å². The van der Waals surface area contributed by atoms with Crippen molar-refractivity contribution in [3.63, 3.8) is 0 Å². The van der Waals surface area contributed by atoms with Crippen LogP contribution in [0.2, 0.25) is 0 Å². The second-order valence-electron chi connectivity index (χ2n) is 3.25. The fraction of sp³-hybridized carbons (Fsp3) is 0.400. The van der Waals surface area contributed by atoms with Crippen LogP contribution in [0.3, 0.4) is 0 Å². The SMILES string of the molecule is C[C@H]1NCc2cccc(CO)c21. The second-order valence-corrected chi connectivity index (χ2v) is 3.25. The fourth-order valence-corrected chi connectivity index (χ4v) is 1.88. The first-order chi connectivity index (χ1) is 5.83. The molecule has 2 heteroatoms. The van der Waals surface area contributed by atoms with Crippen LogP contribution in [0.1, 0.15) is 29.7 Å². The molecule has 0 radical (unpaired) electrons. The lowest BCUT2D eigenvalue weighted by Crippen LogP contribution is -2.08. The summed E-state index contributed by atoms with van der Waals surface area (Å²) in [6, 6.07) is 6.50. The normalized spacial score (nSPS) is 21.0. The summed E-state index contributed by atoms with van der Waals surface area (Å²) in [6.45, 7) is 3.21. The minimum absolute atomic E-state index is 0.148. The molecule has 1 aromatic rings. The van der Waals surface area contributed by atoms with Crippen molar-refractivity contribution in [3.05, 3.63) is 34.9 Å². The summed E-state index contributed by atoms with van der Waals surface area (Å²) in [5.41, 5.74) is 3.68. The predicted molar refractivity (Wildman–Crippen MR) is 47.6 cm³/mol. The molecule has 0 amide bonds. The van der Waals surface area contributed by atoms with Gasteiger partial charge in [-0.3, -0.25) is 0 Å². The van der Waals surface area contributed by atoms with E-state index >= 15 is 0 Å². The molecule has 0 fully saturated rings. The van der Waals surface area contributed by atoms with E-state index in [4.69, 9.17) is 5.11 Å². The van der Waals surface area contributed by atoms with Gasteiger partial charge < -0.3 is 10.4 Å². The summed E-state index contributed by atoms with van der Waals surface area (Å²) >= 11 is 0. The molecule has 0 spiro atoms. The molecule has 2 N–H and O–H groups in total. The average molecular weight is 163 g/mol. The van der Waals surface area contributed by atoms with Crippen molar-refractivity contribution in [3.8, 4) is 0 Å². The zero-order valence-corrected chi connectivity index (χ0v) is 7.17. The Kier molecular flexibility index (Phi) is 1.87. The third kappa shape index (κ3) is 1.04. The Labute approximate surface area is 72.2 Å². The summed E-state index contributed by atoms with van der Waals surface area (Å²) in [5.74, 6) is 0. The molecule has 0 saturated carbocycles. The minimum atomic E-state index is 0.148. The van der Waals surface area contributed by atoms with Crippen LogP contribution >= 0.6 is 0 Å². The van der Waals surface area contributed by atoms with Gasteiger partial charge in [-0.25, -0.2) is 0 Å². The summed E-state index contributed by atoms with van der Waals surface area (Å²) in [7, 11) is 0. The van der Waals surface area contributed by atoms with Crippen LogP contribution in [0.15, 0.2) is 18.2 Å². The maximum absolute atomic E-state index is 9.09. The van der Waals surface area contributed by atoms with Crippen molar-refractivity contribution in [2.45, 2.75) is 26.1 Å². The number of aliphatic hydroxyl groups is 1. The average Bonchev–Trinajstić information content (AvgIpc) is 2.48. The van der Waals surface area contributed by atoms with Crippen LogP contribution in [0.25, 0.3) is 0 Å². The Morgan fingerprint density at radius 3 is 3.17 bits per heavy atom. The summed E-state index contributed by atoms with van der Waals surface area (Å²) in [5, 5.41) is 12.4. The lowest BCUT2D eigenvalue weighted by molar-refractivity contribution is 0.280. The number of benzene rings is 1. The van der Waals surface area contributed by atoms with E-state index in [1.54, 1.807) is 0 Å². The number of aliphatic hydroxyl groups excluding tert-OH is 1. The minimum Gasteiger partial charge on any atom is -0.392 e. The van der Waals surface area contributed by atoms with E-state index in [2.05, 4.69) is 18.3 Å². The van der Waals surface area contributed by atoms with E-state index in [9.17, 15) is 0 Å². The molecule has 0 saturated heterocycles. The van der Waals surface area contributed by atoms with Gasteiger partial charge in [0, 0.05) is 12.6 Å². The van der Waals surface area contributed by atoms with Gasteiger partial charge in [-0.2, -0.15) is 0 Å². The highest BCUT2D eigenvalue weighted by Crippen LogP contribution is 2.27. The lowest BCUT2D eigenvalue weighted by Gasteiger charge is -2.08. The number of hydrogen-bond acceptors (Lipinski definition) is 2. The van der Waals surface area contributed by atoms with Gasteiger partial charge in [0.05, 0.1) is 6.61 Å². The monoisotopic (exact) mass is 163 g/mol. The largest absolute Gasteiger partial charge is 0.392 e. The molecular formula is C10H13NO. The van der Waals surface area contributed by atoms with E-state index in [0.29, 0.717) is 6.04 Å². The third-order valence-corrected chi connectivity index (χ3v) is 2.49. The van der Waals surface area contributed by atoms with Crippen LogP contribution in [-0.4, -0.2) is 5.11 Å². The van der Waals surface area contributed by atoms with E-state index < -0.39 is 0 Å². The van der Waals surface area contributed by atoms with Crippen molar-refractivity contribution in [2.75, 3.05) is 0 Å². The van der Waals surface area contributed by atoms with Gasteiger partial charge in [0.25, 0.3) is 0 Å². The molecule has 1 heterocycles. The van der Waals surface area contributed by atoms with Gasteiger partial charge in [-0.1, -0.05) is 18.2 Å². The number of hydrogen-bond donors (Lipinski definition) is 2. The Balaban J connectivity index is 2.53. The zero-order chi connectivity index (χ0) is 8.55. The molecule has 0 unspecified atom stereocenters. The number of fused-ring (bicyclic) bond motifs is 1. The molecule has 1 aliphatic rings. The molecule has 2 nitrogen and oxygen atoms in total. The third-order valence-electron chi connectivity index (χ3n) is 2.49. The Morgan fingerprint density at radius 1 is 1.58 bits per heavy atom. The van der Waals surface area contributed by atoms with Gasteiger partial charge in [0.15, 0.2) is 0 Å². The smallest absolute Gasteiger partial charge is 0.0685 e. The van der Waals surface area contributed by atoms with Crippen LogP contribution in [0, 0.1) is 0 Å². The molecule has 2 rings (SSSR count). The zero-order valence-electron chi connectivity index (χ0n) is 7.17. The molecule has 0 aromatic heterocycles. The van der Waals surface area contributed by atoms with Gasteiger partial charge in [0.2, 0.25) is 0 Å². The molecule has 1 aromatic carbocycles. The Morgan fingerprint density at radius 2 is 2.42 bits per heavy atom. The summed E-state index contributed by atoms with van der Waals surface area (Å²) in [4.78, 5) is 0. The van der Waals surface area contributed by atoms with E-state index in [0.717, 1.165) is 12.1 Å². The summed E-state index contributed by atoms with van der Waals surface area (Å²) in [6.07, 6.45) is 0. The van der Waals surface area contributed by atoms with Gasteiger partial charge in [0.1, 0.15) is 0 Å². The standard InChI is InChI=1S/C10H13NO/c1-7-10-8(5-11-7)3-2-4-9(10)6-12/h2-4,7,11-12H,5-6H2,1H3/t7-/m1/s1. The number of nitrogens with one attached hydrogen (secondary N) is 1. The first kappa shape index (κ1) is 7.77. The Bertz CT molecular complexity index is 296. The van der Waals surface area contributed by atoms with E-state index in [1.807, 2.05) is 12.1 Å². The quantitative estimate of drug-likeness (QED) is 0.655. The van der Waals surface area contributed by atoms with Gasteiger partial charge in [-0.05, 0) is 23.6 Å². The van der Waals surface area contributed by atoms with Crippen LogP contribution in [0.5, 0.6) is 0 Å². The van der Waals surface area contributed by atoms with E-state index in [1.165, 1.54) is 11.1 Å². The molecule has 1 atom stereocenters. The highest BCUT2D eigenvalue weighted by Gasteiger charge is 2.19. The molecule has 64 valence electrons. The van der Waals surface area contributed by atoms with Crippen LogP contribution < -0.4 is 5.32 Å². The second kappa shape index (κ2) is 2.88. The topological polar surface area (TPSA) is 32.3 Å². The van der Waals surface area contributed by atoms with Crippen molar-refractivity contribution in [1.29, 1.82) is 0 Å². The number of rotatable bonds is 1. The molecule has 0 aliphatic carbocycles. The first-order valence-electron chi connectivity index (χ1n) is 4.28. The van der Waals surface area contributed by atoms with Crippen molar-refractivity contribution in [1.82, 2.24) is 5.32 Å². The fourth-order valence-electron chi connectivity index (χ4n) is 1.88. The lowest BCUT2D eigenvalue weighted by atomic mass is 10.00. The van der Waals surface area contributed by atoms with Crippen molar-refractivity contribution >= 4 is 0 Å². The van der Waals surface area contributed by atoms with Crippen LogP contribution in [0.4, 0.5) is 0 Å². The van der Waals surface area contributed by atoms with Crippen LogP contribution in [-0.2, 0) is 13.2 Å². The highest BCUT2D eigenvalue weighted by molar-refractivity contribution is 5.40. The molecular weight excluding hydrogens is 150 g/mol. The Hall–Kier alpha value is -0.860. The maximum Gasteiger partial charge on any atom is 0.0685 e. The van der Waals surface area contributed by atoms with Gasteiger partial charge >= 0.3 is 0 Å². The van der Waals surface area contributed by atoms with E-state index in [-0.39, 0.29) is 6.61 Å². The summed E-state index contributed by atoms with van der Waals surface area (Å²) < 4.78 is 0. The maximum atomic E-state index is 9.09. The van der Waals surface area contributed by atoms with Crippen molar-refractivity contribution in [2.24, 2.45) is 0 Å². The highest BCUT2D eigenvalue weighted by atomic mass is 16.3. The molecule has 0 bridgehead atoms.